The van der Waals surface area contributed by atoms with Crippen LogP contribution in [0.3, 0.4) is 0 Å². The Balaban J connectivity index is 0.000000656. The number of nitrogens with two attached hydrogens (primary N) is 2. The van der Waals surface area contributed by atoms with Crippen LogP contribution in [0.5, 0.6) is 0 Å². The number of carbonyl (C=O) groups excluding carboxylic acids is 1. The highest BCUT2D eigenvalue weighted by atomic mass is 16.6. The molecule has 0 aromatic carbocycles. The van der Waals surface area contributed by atoms with Gasteiger partial charge in [-0.15, -0.1) is 0 Å². The molecule has 1 aromatic heterocycles. The van der Waals surface area contributed by atoms with E-state index in [4.69, 9.17) is 31.2 Å². The van der Waals surface area contributed by atoms with Crippen LogP contribution in [0.4, 0.5) is 5.82 Å². The second-order valence-electron chi connectivity index (χ2n) is 7.00. The number of carboxylic acid groups (broad SMARTS) is 1. The molecule has 1 aromatic rings. The molecule has 13 nitrogen and oxygen atoms in total. The number of carboxylic acids is 1. The zero-order valence-electron chi connectivity index (χ0n) is 16.8. The van der Waals surface area contributed by atoms with Crippen molar-refractivity contribution in [2.24, 2.45) is 11.7 Å². The summed E-state index contributed by atoms with van der Waals surface area (Å²) in [5.41, 5.74) is 10.3. The van der Waals surface area contributed by atoms with Gasteiger partial charge in [0.05, 0.1) is 0 Å². The normalized spacial score (nSPS) is 25.2. The monoisotopic (exact) mass is 432 g/mol. The highest BCUT2D eigenvalue weighted by molar-refractivity contribution is 5.75. The van der Waals surface area contributed by atoms with E-state index in [2.05, 4.69) is 4.98 Å². The van der Waals surface area contributed by atoms with E-state index in [0.717, 1.165) is 4.57 Å². The summed E-state index contributed by atoms with van der Waals surface area (Å²) in [6.45, 7) is 4.44. The smallest absolute Gasteiger partial charge is 0.351 e. The minimum absolute atomic E-state index is 0.0254. The van der Waals surface area contributed by atoms with Crippen molar-refractivity contribution in [2.45, 2.75) is 57.5 Å². The van der Waals surface area contributed by atoms with Gasteiger partial charge in [0.25, 0.3) is 0 Å². The molecule has 1 fully saturated rings. The first-order valence-corrected chi connectivity index (χ1v) is 9.06. The molecule has 170 valence electrons. The van der Waals surface area contributed by atoms with Crippen molar-refractivity contribution in [1.29, 1.82) is 0 Å². The number of aromatic nitrogens is 2. The van der Waals surface area contributed by atoms with Crippen molar-refractivity contribution in [3.05, 3.63) is 22.7 Å². The van der Waals surface area contributed by atoms with Crippen molar-refractivity contribution in [2.75, 3.05) is 12.3 Å². The maximum absolute atomic E-state index is 11.8. The van der Waals surface area contributed by atoms with Gasteiger partial charge in [-0.25, -0.2) is 9.59 Å². The zero-order chi connectivity index (χ0) is 23.2. The van der Waals surface area contributed by atoms with Crippen LogP contribution in [0.25, 0.3) is 0 Å². The van der Waals surface area contributed by atoms with Crippen molar-refractivity contribution in [3.8, 4) is 0 Å². The third kappa shape index (κ3) is 6.74. The number of aliphatic hydroxyl groups excluding tert-OH is 3. The van der Waals surface area contributed by atoms with Crippen molar-refractivity contribution in [3.63, 3.8) is 0 Å². The number of aliphatic carboxylic acids is 1. The van der Waals surface area contributed by atoms with Gasteiger partial charge >= 0.3 is 17.6 Å². The molecule has 0 radical (unpaired) electrons. The van der Waals surface area contributed by atoms with Crippen LogP contribution in [-0.2, 0) is 19.1 Å². The van der Waals surface area contributed by atoms with Gasteiger partial charge in [-0.05, 0) is 18.9 Å². The van der Waals surface area contributed by atoms with Crippen molar-refractivity contribution in [1.82, 2.24) is 9.55 Å². The highest BCUT2D eigenvalue weighted by Crippen LogP contribution is 2.28. The van der Waals surface area contributed by atoms with Gasteiger partial charge in [-0.1, -0.05) is 13.8 Å². The van der Waals surface area contributed by atoms with Gasteiger partial charge in [0.15, 0.2) is 6.23 Å². The van der Waals surface area contributed by atoms with Crippen molar-refractivity contribution < 1.29 is 39.5 Å². The lowest BCUT2D eigenvalue weighted by molar-refractivity contribution is -0.152. The summed E-state index contributed by atoms with van der Waals surface area (Å²) in [6.07, 6.45) is -4.84. The summed E-state index contributed by atoms with van der Waals surface area (Å²) < 4.78 is 11.5. The lowest BCUT2D eigenvalue weighted by Crippen LogP contribution is -2.40. The fourth-order valence-electron chi connectivity index (χ4n) is 2.25. The molecular weight excluding hydrogens is 404 g/mol. The van der Waals surface area contributed by atoms with Crippen LogP contribution in [0.15, 0.2) is 17.1 Å². The van der Waals surface area contributed by atoms with E-state index in [1.165, 1.54) is 19.2 Å². The molecule has 13 heteroatoms. The number of aliphatic hydroxyl groups is 3. The second-order valence-corrected chi connectivity index (χ2v) is 7.00. The lowest BCUT2D eigenvalue weighted by Gasteiger charge is -2.18. The van der Waals surface area contributed by atoms with Gasteiger partial charge < -0.3 is 41.4 Å². The number of carbonyl (C=O) groups is 2. The Morgan fingerprint density at radius 3 is 2.33 bits per heavy atom. The zero-order valence-corrected chi connectivity index (χ0v) is 16.8. The average molecular weight is 432 g/mol. The Bertz CT molecular complexity index is 783. The maximum atomic E-state index is 11.8. The first-order chi connectivity index (χ1) is 13.9. The van der Waals surface area contributed by atoms with Crippen LogP contribution in [0.2, 0.25) is 0 Å². The number of anilines is 1. The van der Waals surface area contributed by atoms with Gasteiger partial charge in [0.1, 0.15) is 42.9 Å². The number of esters is 1. The molecular formula is C17H28N4O9. The van der Waals surface area contributed by atoms with E-state index in [-0.39, 0.29) is 18.3 Å². The Morgan fingerprint density at radius 2 is 1.87 bits per heavy atom. The van der Waals surface area contributed by atoms with E-state index >= 15 is 0 Å². The van der Waals surface area contributed by atoms with Crippen LogP contribution in [0, 0.1) is 5.92 Å². The molecule has 1 saturated heterocycles. The highest BCUT2D eigenvalue weighted by Gasteiger charge is 2.44. The Labute approximate surface area is 171 Å². The molecule has 1 unspecified atom stereocenters. The van der Waals surface area contributed by atoms with Crippen LogP contribution in [-0.4, -0.2) is 79.0 Å². The first-order valence-electron chi connectivity index (χ1n) is 9.06. The minimum Gasteiger partial charge on any atom is -0.479 e. The summed E-state index contributed by atoms with van der Waals surface area (Å²) in [5.74, 6) is -1.90. The Kier molecular flexibility index (Phi) is 9.32. The summed E-state index contributed by atoms with van der Waals surface area (Å²) >= 11 is 0. The lowest BCUT2D eigenvalue weighted by atomic mass is 10.1. The van der Waals surface area contributed by atoms with Gasteiger partial charge in [-0.2, -0.15) is 4.98 Å². The molecule has 8 N–H and O–H groups in total. The third-order valence-electron chi connectivity index (χ3n) is 4.20. The number of hydrogen-bond acceptors (Lipinski definition) is 11. The molecule has 0 spiro atoms. The number of ether oxygens (including phenoxy) is 2. The van der Waals surface area contributed by atoms with E-state index in [1.807, 2.05) is 0 Å². The SMILES string of the molecule is CC(C)[C@H](N)C(=O)OC[C@H]1O[C@@H](n2ccc(N)nc2=O)[C@@H](O)[C@@H]1O.CC(O)C(=O)O. The van der Waals surface area contributed by atoms with E-state index in [9.17, 15) is 24.6 Å². The molecule has 30 heavy (non-hydrogen) atoms. The van der Waals surface area contributed by atoms with Crippen LogP contribution >= 0.6 is 0 Å². The topological polar surface area (TPSA) is 220 Å². The van der Waals surface area contributed by atoms with Gasteiger partial charge in [-0.3, -0.25) is 9.36 Å². The number of nitrogen functional groups attached to an aromatic ring is 1. The number of hydrogen-bond donors (Lipinski definition) is 6. The predicted molar refractivity (Wildman–Crippen MR) is 102 cm³/mol. The molecule has 1 aliphatic rings. The molecule has 2 rings (SSSR count). The summed E-state index contributed by atoms with van der Waals surface area (Å²) in [7, 11) is 0. The molecule has 0 aliphatic carbocycles. The largest absolute Gasteiger partial charge is 0.479 e. The Hall–Kier alpha value is -2.58. The number of rotatable bonds is 6. The summed E-state index contributed by atoms with van der Waals surface area (Å²) in [4.78, 5) is 36.5. The van der Waals surface area contributed by atoms with E-state index in [1.54, 1.807) is 13.8 Å². The fourth-order valence-corrected chi connectivity index (χ4v) is 2.25. The molecule has 0 saturated carbocycles. The Morgan fingerprint density at radius 1 is 1.30 bits per heavy atom. The average Bonchev–Trinajstić information content (AvgIpc) is 2.94. The number of nitrogens with zero attached hydrogens (tertiary/aromatic N) is 2. The predicted octanol–water partition coefficient (Wildman–Crippen LogP) is -2.58. The molecule has 1 aliphatic heterocycles. The third-order valence-corrected chi connectivity index (χ3v) is 4.20. The summed E-state index contributed by atoms with van der Waals surface area (Å²) in [5, 5.41) is 35.9. The van der Waals surface area contributed by atoms with Crippen molar-refractivity contribution >= 4 is 17.8 Å². The quantitative estimate of drug-likeness (QED) is 0.255. The van der Waals surface area contributed by atoms with Gasteiger partial charge in [0.2, 0.25) is 0 Å². The van der Waals surface area contributed by atoms with Crippen LogP contribution < -0.4 is 17.2 Å². The molecule has 0 amide bonds. The maximum Gasteiger partial charge on any atom is 0.351 e. The second kappa shape index (κ2) is 11.0. The fraction of sp³-hybridized carbons (Fsp3) is 0.647. The van der Waals surface area contributed by atoms with E-state index in [0.29, 0.717) is 0 Å². The summed E-state index contributed by atoms with van der Waals surface area (Å²) in [6, 6.07) is 0.562. The van der Waals surface area contributed by atoms with Crippen LogP contribution in [0.1, 0.15) is 27.0 Å². The molecule has 2 heterocycles. The van der Waals surface area contributed by atoms with Gasteiger partial charge in [0, 0.05) is 6.20 Å². The molecule has 6 atom stereocenters. The van der Waals surface area contributed by atoms with E-state index < -0.39 is 54.3 Å². The standard InChI is InChI=1S/C14H22N4O6.C3H6O3/c1-6(2)9(16)13(21)23-5-7-10(19)11(20)12(24-7)18-4-3-8(15)17-14(18)22;1-2(4)3(5)6/h3-4,6-7,9-12,19-20H,5,16H2,1-2H3,(H2,15,17,22);2,4H,1H3,(H,5,6)/t7-,9+,10-,11+,12-;/m1./s1. The first kappa shape index (κ1) is 25.5. The minimum atomic E-state index is -1.39. The molecule has 0 bridgehead atoms.